The second-order valence-corrected chi connectivity index (χ2v) is 5.60. The van der Waals surface area contributed by atoms with Crippen LogP contribution in [0.25, 0.3) is 0 Å². The van der Waals surface area contributed by atoms with E-state index >= 15 is 0 Å². The fourth-order valence-corrected chi connectivity index (χ4v) is 2.11. The minimum atomic E-state index is -4.47. The van der Waals surface area contributed by atoms with E-state index in [4.69, 9.17) is 4.74 Å². The van der Waals surface area contributed by atoms with Crippen molar-refractivity contribution in [3.05, 3.63) is 53.3 Å². The predicted octanol–water partition coefficient (Wildman–Crippen LogP) is 2.55. The van der Waals surface area contributed by atoms with Gasteiger partial charge >= 0.3 is 6.18 Å². The van der Waals surface area contributed by atoms with E-state index in [-0.39, 0.29) is 11.7 Å². The average molecular weight is 369 g/mol. The van der Waals surface area contributed by atoms with Gasteiger partial charge in [-0.05, 0) is 50.2 Å². The first kappa shape index (κ1) is 19.4. The zero-order chi connectivity index (χ0) is 19.3. The lowest BCUT2D eigenvalue weighted by Crippen LogP contribution is -2.36. The van der Waals surface area contributed by atoms with Crippen LogP contribution in [0.2, 0.25) is 0 Å². The molecule has 0 saturated heterocycles. The Morgan fingerprint density at radius 1 is 1.04 bits per heavy atom. The number of hydrogen-bond donors (Lipinski definition) is 2. The number of halogens is 3. The molecule has 2 N–H and O–H groups in total. The molecule has 0 unspecified atom stereocenters. The summed E-state index contributed by atoms with van der Waals surface area (Å²) in [6.07, 6.45) is -4.47. The third-order valence-electron chi connectivity index (χ3n) is 3.46. The zero-order valence-corrected chi connectivity index (χ0v) is 14.2. The molecule has 6 nitrogen and oxygen atoms in total. The Morgan fingerprint density at radius 2 is 1.62 bits per heavy atom. The van der Waals surface area contributed by atoms with Crippen LogP contribution in [0.15, 0.2) is 36.4 Å². The van der Waals surface area contributed by atoms with Crippen molar-refractivity contribution in [3.8, 4) is 5.75 Å². The summed E-state index contributed by atoms with van der Waals surface area (Å²) in [5, 5.41) is 1.70. The highest BCUT2D eigenvalue weighted by Crippen LogP contribution is 2.14. The van der Waals surface area contributed by atoms with Crippen molar-refractivity contribution in [2.24, 2.45) is 0 Å². The van der Waals surface area contributed by atoms with Crippen molar-refractivity contribution in [1.29, 1.82) is 0 Å². The molecule has 0 aliphatic carbocycles. The number of ether oxygens (including phenoxy) is 1. The number of aryl methyl sites for hydroxylation is 2. The Hall–Kier alpha value is -2.97. The van der Waals surface area contributed by atoms with Crippen LogP contribution in [0, 0.1) is 13.8 Å². The fourth-order valence-electron chi connectivity index (χ4n) is 2.11. The van der Waals surface area contributed by atoms with Crippen LogP contribution in [0.1, 0.15) is 21.7 Å². The molecule has 0 radical (unpaired) electrons. The Labute approximate surface area is 147 Å². The van der Waals surface area contributed by atoms with Gasteiger partial charge in [-0.15, -0.1) is 0 Å². The van der Waals surface area contributed by atoms with Gasteiger partial charge in [-0.3, -0.25) is 19.7 Å². The standard InChI is InChI=1S/C17H18F3N3O3/c1-11-3-4-12(2)23(11)22-16(25)13-5-7-14(8-6-13)26-9-15(24)21-10-17(18,19)20/h3-8H,9-10H2,1-2H3,(H,21,24)(H,22,25). The largest absolute Gasteiger partial charge is 0.484 e. The first-order valence-corrected chi connectivity index (χ1v) is 7.68. The summed E-state index contributed by atoms with van der Waals surface area (Å²) in [6, 6.07) is 9.65. The fraction of sp³-hybridized carbons (Fsp3) is 0.294. The first-order chi connectivity index (χ1) is 12.2. The molecule has 0 aliphatic rings. The van der Waals surface area contributed by atoms with E-state index in [0.717, 1.165) is 11.4 Å². The Balaban J connectivity index is 1.88. The van der Waals surface area contributed by atoms with Crippen LogP contribution in [0.5, 0.6) is 5.75 Å². The summed E-state index contributed by atoms with van der Waals surface area (Å²) in [6.45, 7) is 1.75. The normalized spacial score (nSPS) is 11.1. The van der Waals surface area contributed by atoms with Crippen molar-refractivity contribution in [1.82, 2.24) is 9.99 Å². The molecule has 140 valence electrons. The third-order valence-corrected chi connectivity index (χ3v) is 3.46. The molecule has 2 aromatic rings. The monoisotopic (exact) mass is 369 g/mol. The maximum Gasteiger partial charge on any atom is 0.405 e. The van der Waals surface area contributed by atoms with E-state index in [0.29, 0.717) is 5.56 Å². The van der Waals surface area contributed by atoms with Gasteiger partial charge in [0, 0.05) is 17.0 Å². The van der Waals surface area contributed by atoms with Crippen LogP contribution in [-0.4, -0.2) is 35.8 Å². The lowest BCUT2D eigenvalue weighted by atomic mass is 10.2. The number of carbonyl (C=O) groups is 2. The maximum absolute atomic E-state index is 12.2. The third kappa shape index (κ3) is 5.54. The molecule has 0 aliphatic heterocycles. The van der Waals surface area contributed by atoms with Gasteiger partial charge in [-0.1, -0.05) is 0 Å². The lowest BCUT2D eigenvalue weighted by Gasteiger charge is -2.12. The van der Waals surface area contributed by atoms with E-state index in [1.807, 2.05) is 26.0 Å². The molecule has 0 saturated carbocycles. The quantitative estimate of drug-likeness (QED) is 0.822. The molecule has 0 atom stereocenters. The number of alkyl halides is 3. The van der Waals surface area contributed by atoms with Crippen molar-refractivity contribution >= 4 is 11.8 Å². The molecule has 2 rings (SSSR count). The van der Waals surface area contributed by atoms with E-state index in [1.54, 1.807) is 9.99 Å². The van der Waals surface area contributed by atoms with Gasteiger partial charge in [-0.2, -0.15) is 13.2 Å². The second kappa shape index (κ2) is 7.94. The molecule has 9 heteroatoms. The first-order valence-electron chi connectivity index (χ1n) is 7.68. The number of hydrogen-bond acceptors (Lipinski definition) is 3. The van der Waals surface area contributed by atoms with Crippen molar-refractivity contribution in [2.45, 2.75) is 20.0 Å². The summed E-state index contributed by atoms with van der Waals surface area (Å²) >= 11 is 0. The number of nitrogens with one attached hydrogen (secondary N) is 2. The van der Waals surface area contributed by atoms with Gasteiger partial charge in [0.1, 0.15) is 12.3 Å². The topological polar surface area (TPSA) is 72.4 Å². The van der Waals surface area contributed by atoms with E-state index in [1.165, 1.54) is 24.3 Å². The van der Waals surface area contributed by atoms with Gasteiger partial charge in [-0.25, -0.2) is 0 Å². The van der Waals surface area contributed by atoms with Crippen molar-refractivity contribution in [2.75, 3.05) is 18.6 Å². The molecule has 0 fully saturated rings. The summed E-state index contributed by atoms with van der Waals surface area (Å²) < 4.78 is 42.7. The average Bonchev–Trinajstić information content (AvgIpc) is 2.90. The van der Waals surface area contributed by atoms with Gasteiger partial charge in [0.15, 0.2) is 6.61 Å². The number of nitrogens with zero attached hydrogens (tertiary/aromatic N) is 1. The van der Waals surface area contributed by atoms with Crippen molar-refractivity contribution < 1.29 is 27.5 Å². The molecule has 1 aromatic heterocycles. The molecular weight excluding hydrogens is 351 g/mol. The molecule has 0 bridgehead atoms. The SMILES string of the molecule is Cc1ccc(C)n1NC(=O)c1ccc(OCC(=O)NCC(F)(F)F)cc1. The van der Waals surface area contributed by atoms with Gasteiger partial charge in [0.05, 0.1) is 0 Å². The number of rotatable bonds is 6. The molecule has 0 spiro atoms. The molecule has 2 amide bonds. The van der Waals surface area contributed by atoms with Gasteiger partial charge in [0.25, 0.3) is 11.8 Å². The van der Waals surface area contributed by atoms with Crippen LogP contribution >= 0.6 is 0 Å². The minimum absolute atomic E-state index is 0.261. The maximum atomic E-state index is 12.2. The van der Waals surface area contributed by atoms with E-state index in [2.05, 4.69) is 5.43 Å². The van der Waals surface area contributed by atoms with Crippen LogP contribution in [-0.2, 0) is 4.79 Å². The van der Waals surface area contributed by atoms with Gasteiger partial charge < -0.3 is 10.1 Å². The highest BCUT2D eigenvalue weighted by molar-refractivity contribution is 6.00. The van der Waals surface area contributed by atoms with Crippen LogP contribution < -0.4 is 15.5 Å². The Kier molecular flexibility index (Phi) is 5.91. The number of carbonyl (C=O) groups excluding carboxylic acids is 2. The van der Waals surface area contributed by atoms with Crippen molar-refractivity contribution in [3.63, 3.8) is 0 Å². The van der Waals surface area contributed by atoms with E-state index < -0.39 is 25.2 Å². The predicted molar refractivity (Wildman–Crippen MR) is 88.6 cm³/mol. The van der Waals surface area contributed by atoms with E-state index in [9.17, 15) is 22.8 Å². The highest BCUT2D eigenvalue weighted by Gasteiger charge is 2.27. The van der Waals surface area contributed by atoms with Crippen LogP contribution in [0.4, 0.5) is 13.2 Å². The Morgan fingerprint density at radius 3 is 2.15 bits per heavy atom. The number of benzene rings is 1. The summed E-state index contributed by atoms with van der Waals surface area (Å²) in [4.78, 5) is 23.5. The molecule has 1 heterocycles. The number of amides is 2. The Bertz CT molecular complexity index is 763. The summed E-state index contributed by atoms with van der Waals surface area (Å²) in [5.74, 6) is -0.957. The zero-order valence-electron chi connectivity index (χ0n) is 14.2. The van der Waals surface area contributed by atoms with Crippen LogP contribution in [0.3, 0.4) is 0 Å². The molecule has 1 aromatic carbocycles. The summed E-state index contributed by atoms with van der Waals surface area (Å²) in [7, 11) is 0. The molecule has 26 heavy (non-hydrogen) atoms. The molecular formula is C17H18F3N3O3. The summed E-state index contributed by atoms with van der Waals surface area (Å²) in [5.41, 5.74) is 4.86. The smallest absolute Gasteiger partial charge is 0.405 e. The van der Waals surface area contributed by atoms with Gasteiger partial charge in [0.2, 0.25) is 0 Å². The number of aromatic nitrogens is 1. The minimum Gasteiger partial charge on any atom is -0.484 e. The lowest BCUT2D eigenvalue weighted by molar-refractivity contribution is -0.139. The second-order valence-electron chi connectivity index (χ2n) is 5.60. The highest BCUT2D eigenvalue weighted by atomic mass is 19.4.